The third kappa shape index (κ3) is 5.18. The van der Waals surface area contributed by atoms with E-state index >= 15 is 0 Å². The van der Waals surface area contributed by atoms with E-state index in [2.05, 4.69) is 5.73 Å². The SMILES string of the molecule is CC(C)(C)OC(=O)C=C=Cc1ccccc1. The maximum Gasteiger partial charge on any atom is 0.339 e. The third-order valence-corrected chi connectivity index (χ3v) is 1.66. The molecule has 0 N–H and O–H groups in total. The average molecular weight is 216 g/mol. The Labute approximate surface area is 96.2 Å². The highest BCUT2D eigenvalue weighted by Gasteiger charge is 2.13. The van der Waals surface area contributed by atoms with E-state index in [1.54, 1.807) is 6.08 Å². The monoisotopic (exact) mass is 216 g/mol. The maximum atomic E-state index is 11.3. The highest BCUT2D eigenvalue weighted by Crippen LogP contribution is 2.07. The fourth-order valence-corrected chi connectivity index (χ4v) is 1.09. The minimum atomic E-state index is -0.456. The summed E-state index contributed by atoms with van der Waals surface area (Å²) in [6, 6.07) is 9.68. The van der Waals surface area contributed by atoms with E-state index < -0.39 is 5.60 Å². The standard InChI is InChI=1S/C14H16O2/c1-14(2,3)16-13(15)11-7-10-12-8-5-4-6-9-12/h4-6,8-11H,1-3H3. The van der Waals surface area contributed by atoms with E-state index in [4.69, 9.17) is 4.74 Å². The van der Waals surface area contributed by atoms with Crippen molar-refractivity contribution in [1.82, 2.24) is 0 Å². The molecule has 0 atom stereocenters. The lowest BCUT2D eigenvalue weighted by atomic mass is 10.2. The fraction of sp³-hybridized carbons (Fsp3) is 0.286. The first-order chi connectivity index (χ1) is 7.47. The van der Waals surface area contributed by atoms with E-state index in [1.165, 1.54) is 6.08 Å². The van der Waals surface area contributed by atoms with Gasteiger partial charge in [0.2, 0.25) is 0 Å². The van der Waals surface area contributed by atoms with Crippen molar-refractivity contribution in [2.75, 3.05) is 0 Å². The number of carbonyl (C=O) groups is 1. The number of carbonyl (C=O) groups excluding carboxylic acids is 1. The number of hydrogen-bond acceptors (Lipinski definition) is 2. The predicted molar refractivity (Wildman–Crippen MR) is 64.8 cm³/mol. The van der Waals surface area contributed by atoms with Gasteiger partial charge in [0.1, 0.15) is 5.60 Å². The van der Waals surface area contributed by atoms with Gasteiger partial charge in [-0.3, -0.25) is 0 Å². The minimum absolute atomic E-state index is 0.375. The van der Waals surface area contributed by atoms with Crippen LogP contribution in [0.4, 0.5) is 0 Å². The van der Waals surface area contributed by atoms with Gasteiger partial charge >= 0.3 is 5.97 Å². The van der Waals surface area contributed by atoms with Crippen molar-refractivity contribution in [3.63, 3.8) is 0 Å². The van der Waals surface area contributed by atoms with Crippen LogP contribution >= 0.6 is 0 Å². The van der Waals surface area contributed by atoms with E-state index in [9.17, 15) is 4.79 Å². The molecular formula is C14H16O2. The van der Waals surface area contributed by atoms with Crippen molar-refractivity contribution in [3.05, 3.63) is 47.7 Å². The van der Waals surface area contributed by atoms with Gasteiger partial charge in [0.15, 0.2) is 0 Å². The molecule has 0 aliphatic heterocycles. The van der Waals surface area contributed by atoms with Crippen molar-refractivity contribution in [2.24, 2.45) is 0 Å². The summed E-state index contributed by atoms with van der Waals surface area (Å²) in [5.74, 6) is -0.375. The zero-order valence-electron chi connectivity index (χ0n) is 9.86. The topological polar surface area (TPSA) is 26.3 Å². The Bertz CT molecular complexity index is 404. The molecule has 0 amide bonds. The number of hydrogen-bond donors (Lipinski definition) is 0. The Balaban J connectivity index is 2.61. The van der Waals surface area contributed by atoms with Crippen molar-refractivity contribution in [2.45, 2.75) is 26.4 Å². The molecule has 0 fully saturated rings. The maximum absolute atomic E-state index is 11.3. The fourth-order valence-electron chi connectivity index (χ4n) is 1.09. The zero-order chi connectivity index (χ0) is 12.0. The van der Waals surface area contributed by atoms with Crippen LogP contribution in [0.1, 0.15) is 26.3 Å². The van der Waals surface area contributed by atoms with Crippen LogP contribution in [0.25, 0.3) is 6.08 Å². The molecule has 84 valence electrons. The van der Waals surface area contributed by atoms with Crippen LogP contribution in [0.2, 0.25) is 0 Å². The lowest BCUT2D eigenvalue weighted by Crippen LogP contribution is -2.22. The van der Waals surface area contributed by atoms with E-state index in [0.717, 1.165) is 5.56 Å². The summed E-state index contributed by atoms with van der Waals surface area (Å²) in [7, 11) is 0. The molecule has 0 heterocycles. The van der Waals surface area contributed by atoms with Crippen LogP contribution in [0.5, 0.6) is 0 Å². The third-order valence-electron chi connectivity index (χ3n) is 1.66. The summed E-state index contributed by atoms with van der Waals surface area (Å²) in [6.45, 7) is 5.50. The lowest BCUT2D eigenvalue weighted by Gasteiger charge is -2.17. The van der Waals surface area contributed by atoms with Crippen molar-refractivity contribution in [1.29, 1.82) is 0 Å². The molecule has 0 saturated heterocycles. The molecule has 16 heavy (non-hydrogen) atoms. The summed E-state index contributed by atoms with van der Waals surface area (Å²) < 4.78 is 5.10. The summed E-state index contributed by atoms with van der Waals surface area (Å²) >= 11 is 0. The summed E-state index contributed by atoms with van der Waals surface area (Å²) in [4.78, 5) is 11.3. The van der Waals surface area contributed by atoms with Gasteiger partial charge in [0, 0.05) is 0 Å². The molecule has 0 aliphatic carbocycles. The second-order valence-electron chi connectivity index (χ2n) is 4.40. The van der Waals surface area contributed by atoms with Crippen molar-refractivity contribution >= 4 is 12.0 Å². The summed E-state index contributed by atoms with van der Waals surface area (Å²) in [5, 5.41) is 0. The molecule has 0 saturated carbocycles. The van der Waals surface area contributed by atoms with Crippen LogP contribution in [-0.2, 0) is 9.53 Å². The largest absolute Gasteiger partial charge is 0.456 e. The first kappa shape index (κ1) is 12.3. The first-order valence-electron chi connectivity index (χ1n) is 5.18. The Morgan fingerprint density at radius 3 is 2.44 bits per heavy atom. The second kappa shape index (κ2) is 5.34. The Kier molecular flexibility index (Phi) is 4.10. The van der Waals surface area contributed by atoms with Gasteiger partial charge in [-0.15, -0.1) is 5.73 Å². The number of rotatable bonds is 2. The van der Waals surface area contributed by atoms with Gasteiger partial charge in [-0.05, 0) is 32.4 Å². The number of esters is 1. The van der Waals surface area contributed by atoms with Gasteiger partial charge in [0.05, 0.1) is 6.08 Å². The van der Waals surface area contributed by atoms with Gasteiger partial charge < -0.3 is 4.74 Å². The Hall–Kier alpha value is -1.79. The van der Waals surface area contributed by atoms with Crippen molar-refractivity contribution in [3.8, 4) is 0 Å². The smallest absolute Gasteiger partial charge is 0.339 e. The van der Waals surface area contributed by atoms with Crippen LogP contribution < -0.4 is 0 Å². The normalized spacial score (nSPS) is 10.2. The molecule has 0 radical (unpaired) electrons. The molecular weight excluding hydrogens is 200 g/mol. The van der Waals surface area contributed by atoms with Crippen LogP contribution in [0, 0.1) is 0 Å². The van der Waals surface area contributed by atoms with Crippen LogP contribution in [0.3, 0.4) is 0 Å². The molecule has 1 aromatic carbocycles. The van der Waals surface area contributed by atoms with Gasteiger partial charge in [0.25, 0.3) is 0 Å². The molecule has 1 rings (SSSR count). The molecule has 0 spiro atoms. The molecule has 1 aromatic rings. The van der Waals surface area contributed by atoms with Crippen LogP contribution in [0.15, 0.2) is 42.1 Å². The van der Waals surface area contributed by atoms with E-state index in [-0.39, 0.29) is 5.97 Å². The quantitative estimate of drug-likeness (QED) is 0.431. The van der Waals surface area contributed by atoms with Crippen molar-refractivity contribution < 1.29 is 9.53 Å². The van der Waals surface area contributed by atoms with E-state index in [0.29, 0.717) is 0 Å². The molecule has 2 heteroatoms. The molecule has 2 nitrogen and oxygen atoms in total. The Morgan fingerprint density at radius 1 is 1.25 bits per heavy atom. The molecule has 0 aromatic heterocycles. The first-order valence-corrected chi connectivity index (χ1v) is 5.18. The molecule has 0 aliphatic rings. The van der Waals surface area contributed by atoms with Gasteiger partial charge in [-0.2, -0.15) is 0 Å². The Morgan fingerprint density at radius 2 is 1.88 bits per heavy atom. The highest BCUT2D eigenvalue weighted by molar-refractivity contribution is 5.82. The highest BCUT2D eigenvalue weighted by atomic mass is 16.6. The van der Waals surface area contributed by atoms with Gasteiger partial charge in [-0.1, -0.05) is 30.3 Å². The number of ether oxygens (including phenoxy) is 1. The zero-order valence-corrected chi connectivity index (χ0v) is 9.86. The predicted octanol–water partition coefficient (Wildman–Crippen LogP) is 3.20. The molecule has 0 bridgehead atoms. The average Bonchev–Trinajstić information content (AvgIpc) is 2.16. The second-order valence-corrected chi connectivity index (χ2v) is 4.40. The minimum Gasteiger partial charge on any atom is -0.456 e. The lowest BCUT2D eigenvalue weighted by molar-refractivity contribution is -0.148. The number of benzene rings is 1. The summed E-state index contributed by atoms with van der Waals surface area (Å²) in [6.07, 6.45) is 3.04. The molecule has 0 unspecified atom stereocenters. The van der Waals surface area contributed by atoms with Gasteiger partial charge in [-0.25, -0.2) is 4.79 Å². The summed E-state index contributed by atoms with van der Waals surface area (Å²) in [5.41, 5.74) is 3.35. The van der Waals surface area contributed by atoms with Crippen LogP contribution in [-0.4, -0.2) is 11.6 Å². The van der Waals surface area contributed by atoms with E-state index in [1.807, 2.05) is 51.1 Å².